The Bertz CT molecular complexity index is 294. The average Bonchev–Trinajstić information content (AvgIpc) is 2.17. The molecule has 0 heterocycles. The summed E-state index contributed by atoms with van der Waals surface area (Å²) >= 11 is 0. The Morgan fingerprint density at radius 1 is 1.31 bits per heavy atom. The molecule has 2 atom stereocenters. The normalized spacial score (nSPS) is 15.3. The molecule has 0 aliphatic heterocycles. The van der Waals surface area contributed by atoms with E-state index in [-0.39, 0.29) is 0 Å². The maximum Gasteiger partial charge on any atom is 0.0498 e. The Morgan fingerprint density at radius 3 is 2.23 bits per heavy atom. The van der Waals surface area contributed by atoms with E-state index >= 15 is 0 Å². The van der Waals surface area contributed by atoms with Crippen LogP contribution in [0.15, 0.2) is 29.2 Å². The molecule has 0 aromatic heterocycles. The van der Waals surface area contributed by atoms with Crippen LogP contribution in [-0.4, -0.2) is 17.5 Å². The van der Waals surface area contributed by atoms with E-state index in [1.165, 1.54) is 5.56 Å². The second-order valence-corrected chi connectivity index (χ2v) is 4.41. The second-order valence-electron chi connectivity index (χ2n) is 3.03. The molecule has 72 valence electrons. The molecule has 0 saturated carbocycles. The number of nitrogens with one attached hydrogen (secondary N) is 1. The third-order valence-corrected chi connectivity index (χ3v) is 3.08. The van der Waals surface area contributed by atoms with Crippen molar-refractivity contribution in [1.29, 1.82) is 0 Å². The van der Waals surface area contributed by atoms with Crippen molar-refractivity contribution in [3.05, 3.63) is 29.8 Å². The third kappa shape index (κ3) is 2.64. The van der Waals surface area contributed by atoms with Gasteiger partial charge in [0.2, 0.25) is 0 Å². The molecule has 1 rings (SSSR count). The number of hydrogen-bond donors (Lipinski definition) is 1. The summed E-state index contributed by atoms with van der Waals surface area (Å²) in [6.07, 6.45) is 1.69. The van der Waals surface area contributed by atoms with Crippen molar-refractivity contribution < 1.29 is 4.21 Å². The van der Waals surface area contributed by atoms with Crippen molar-refractivity contribution in [3.8, 4) is 0 Å². The maximum absolute atomic E-state index is 11.1. The zero-order valence-electron chi connectivity index (χ0n) is 8.20. The molecule has 1 N–H and O–H groups in total. The highest BCUT2D eigenvalue weighted by Crippen LogP contribution is 2.13. The highest BCUT2D eigenvalue weighted by atomic mass is 32.2. The fourth-order valence-corrected chi connectivity index (χ4v) is 1.63. The van der Waals surface area contributed by atoms with Crippen LogP contribution >= 0.6 is 0 Å². The summed E-state index contributed by atoms with van der Waals surface area (Å²) in [5.74, 6) is 0. The fourth-order valence-electron chi connectivity index (χ4n) is 1.11. The molecule has 2 nitrogen and oxygen atoms in total. The summed E-state index contributed by atoms with van der Waals surface area (Å²) in [5.41, 5.74) is 1.22. The van der Waals surface area contributed by atoms with Crippen molar-refractivity contribution >= 4 is 10.8 Å². The fraction of sp³-hybridized carbons (Fsp3) is 0.400. The summed E-state index contributed by atoms with van der Waals surface area (Å²) in [5, 5.41) is 3.15. The van der Waals surface area contributed by atoms with Crippen LogP contribution in [0.1, 0.15) is 18.5 Å². The first-order valence-electron chi connectivity index (χ1n) is 4.26. The predicted octanol–water partition coefficient (Wildman–Crippen LogP) is 1.70. The first kappa shape index (κ1) is 10.4. The molecule has 0 radical (unpaired) electrons. The molecule has 1 aromatic carbocycles. The summed E-state index contributed by atoms with van der Waals surface area (Å²) in [4.78, 5) is 0.882. The van der Waals surface area contributed by atoms with Gasteiger partial charge in [0.25, 0.3) is 0 Å². The van der Waals surface area contributed by atoms with E-state index < -0.39 is 10.8 Å². The molecule has 0 saturated heterocycles. The van der Waals surface area contributed by atoms with Crippen LogP contribution in [0.2, 0.25) is 0 Å². The smallest absolute Gasteiger partial charge is 0.0498 e. The van der Waals surface area contributed by atoms with Crippen molar-refractivity contribution in [2.45, 2.75) is 17.9 Å². The molecule has 0 fully saturated rings. The third-order valence-electron chi connectivity index (χ3n) is 2.15. The lowest BCUT2D eigenvalue weighted by Gasteiger charge is -2.10. The minimum atomic E-state index is -0.873. The number of rotatable bonds is 3. The van der Waals surface area contributed by atoms with E-state index in [1.807, 2.05) is 31.3 Å². The summed E-state index contributed by atoms with van der Waals surface area (Å²) in [6, 6.07) is 8.20. The van der Waals surface area contributed by atoms with Crippen molar-refractivity contribution in [1.82, 2.24) is 5.32 Å². The Hall–Kier alpha value is -0.670. The van der Waals surface area contributed by atoms with Gasteiger partial charge in [-0.15, -0.1) is 0 Å². The zero-order valence-corrected chi connectivity index (χ0v) is 9.02. The van der Waals surface area contributed by atoms with Crippen molar-refractivity contribution in [2.75, 3.05) is 13.3 Å². The van der Waals surface area contributed by atoms with E-state index in [9.17, 15) is 4.21 Å². The van der Waals surface area contributed by atoms with Gasteiger partial charge >= 0.3 is 0 Å². The largest absolute Gasteiger partial charge is 0.313 e. The van der Waals surface area contributed by atoms with Gasteiger partial charge in [0.1, 0.15) is 0 Å². The molecule has 3 heteroatoms. The van der Waals surface area contributed by atoms with Gasteiger partial charge in [0.05, 0.1) is 0 Å². The van der Waals surface area contributed by atoms with Crippen LogP contribution in [0.5, 0.6) is 0 Å². The van der Waals surface area contributed by atoms with Crippen LogP contribution in [0.25, 0.3) is 0 Å². The Balaban J connectivity index is 2.87. The second kappa shape index (κ2) is 4.53. The SMILES string of the molecule is CN[C@@H](C)c1ccc([S@@](C)=O)cc1. The van der Waals surface area contributed by atoms with Gasteiger partial charge in [-0.05, 0) is 31.7 Å². The van der Waals surface area contributed by atoms with E-state index in [0.717, 1.165) is 4.90 Å². The van der Waals surface area contributed by atoms with E-state index in [1.54, 1.807) is 6.26 Å². The van der Waals surface area contributed by atoms with Gasteiger partial charge in [-0.1, -0.05) is 12.1 Å². The zero-order chi connectivity index (χ0) is 9.84. The minimum absolute atomic E-state index is 0.347. The van der Waals surface area contributed by atoms with E-state index in [4.69, 9.17) is 0 Å². The summed E-state index contributed by atoms with van der Waals surface area (Å²) in [6.45, 7) is 2.10. The average molecular weight is 197 g/mol. The lowest BCUT2D eigenvalue weighted by Crippen LogP contribution is -2.12. The van der Waals surface area contributed by atoms with Gasteiger partial charge in [-0.25, -0.2) is 0 Å². The van der Waals surface area contributed by atoms with Crippen LogP contribution in [0.4, 0.5) is 0 Å². The molecule has 0 bridgehead atoms. The van der Waals surface area contributed by atoms with Gasteiger partial charge in [0, 0.05) is 28.0 Å². The number of benzene rings is 1. The molecule has 0 aliphatic rings. The highest BCUT2D eigenvalue weighted by Gasteiger charge is 2.02. The topological polar surface area (TPSA) is 29.1 Å². The molecule has 0 aliphatic carbocycles. The van der Waals surface area contributed by atoms with E-state index in [0.29, 0.717) is 6.04 Å². The monoisotopic (exact) mass is 197 g/mol. The first-order chi connectivity index (χ1) is 6.15. The minimum Gasteiger partial charge on any atom is -0.313 e. The van der Waals surface area contributed by atoms with Gasteiger partial charge < -0.3 is 5.32 Å². The molecule has 1 aromatic rings. The standard InChI is InChI=1S/C10H15NOS/c1-8(11-2)9-4-6-10(7-5-9)13(3)12/h4-8,11H,1-3H3/t8-,13+/m0/s1. The van der Waals surface area contributed by atoms with Crippen molar-refractivity contribution in [3.63, 3.8) is 0 Å². The predicted molar refractivity (Wildman–Crippen MR) is 56.2 cm³/mol. The van der Waals surface area contributed by atoms with Gasteiger partial charge in [-0.3, -0.25) is 4.21 Å². The Morgan fingerprint density at radius 2 is 1.85 bits per heavy atom. The number of hydrogen-bond acceptors (Lipinski definition) is 2. The Labute approximate surface area is 81.8 Å². The van der Waals surface area contributed by atoms with Crippen LogP contribution < -0.4 is 5.32 Å². The maximum atomic E-state index is 11.1. The molecular weight excluding hydrogens is 182 g/mol. The van der Waals surface area contributed by atoms with Crippen LogP contribution in [0, 0.1) is 0 Å². The lowest BCUT2D eigenvalue weighted by atomic mass is 10.1. The van der Waals surface area contributed by atoms with Gasteiger partial charge in [0.15, 0.2) is 0 Å². The molecular formula is C10H15NOS. The molecule has 0 unspecified atom stereocenters. The first-order valence-corrected chi connectivity index (χ1v) is 5.81. The van der Waals surface area contributed by atoms with Gasteiger partial charge in [-0.2, -0.15) is 0 Å². The van der Waals surface area contributed by atoms with Crippen LogP contribution in [-0.2, 0) is 10.8 Å². The quantitative estimate of drug-likeness (QED) is 0.799. The summed E-state index contributed by atoms with van der Waals surface area (Å²) in [7, 11) is 1.05. The highest BCUT2D eigenvalue weighted by molar-refractivity contribution is 7.84. The summed E-state index contributed by atoms with van der Waals surface area (Å²) < 4.78 is 11.1. The molecule has 0 spiro atoms. The van der Waals surface area contributed by atoms with E-state index in [2.05, 4.69) is 12.2 Å². The molecule has 13 heavy (non-hydrogen) atoms. The molecule has 0 amide bonds. The Kier molecular flexibility index (Phi) is 3.63. The van der Waals surface area contributed by atoms with Crippen molar-refractivity contribution in [2.24, 2.45) is 0 Å². The van der Waals surface area contributed by atoms with Crippen LogP contribution in [0.3, 0.4) is 0 Å². The lowest BCUT2D eigenvalue weighted by molar-refractivity contribution is 0.651.